The zero-order chi connectivity index (χ0) is 13.5. The van der Waals surface area contributed by atoms with E-state index in [4.69, 9.17) is 4.74 Å². The molecule has 0 aliphatic rings. The van der Waals surface area contributed by atoms with Crippen molar-refractivity contribution in [2.75, 3.05) is 7.11 Å². The average molecular weight is 250 g/mol. The maximum absolute atomic E-state index is 11.4. The Kier molecular flexibility index (Phi) is 5.69. The topological polar surface area (TPSA) is 46.5 Å². The van der Waals surface area contributed by atoms with E-state index in [0.29, 0.717) is 6.42 Å². The van der Waals surface area contributed by atoms with Crippen LogP contribution in [0.25, 0.3) is 0 Å². The van der Waals surface area contributed by atoms with E-state index in [1.807, 2.05) is 24.3 Å². The summed E-state index contributed by atoms with van der Waals surface area (Å²) < 4.78 is 5.10. The van der Waals surface area contributed by atoms with Gasteiger partial charge in [0.05, 0.1) is 13.0 Å². The molecule has 0 saturated carbocycles. The highest BCUT2D eigenvalue weighted by atomic mass is 16.5. The Morgan fingerprint density at radius 3 is 2.17 bits per heavy atom. The molecule has 0 spiro atoms. The number of benzene rings is 1. The number of hydrogen-bond donors (Lipinski definition) is 1. The Morgan fingerprint density at radius 1 is 1.22 bits per heavy atom. The van der Waals surface area contributed by atoms with Crippen LogP contribution < -0.4 is 4.74 Å². The summed E-state index contributed by atoms with van der Waals surface area (Å²) >= 11 is 0. The summed E-state index contributed by atoms with van der Waals surface area (Å²) in [7, 11) is 1.62. The number of methoxy groups -OCH3 is 1. The summed E-state index contributed by atoms with van der Waals surface area (Å²) in [5, 5.41) is 9.34. The van der Waals surface area contributed by atoms with Crippen LogP contribution in [0.5, 0.6) is 5.75 Å². The fraction of sp³-hybridized carbons (Fsp3) is 0.533. The van der Waals surface area contributed by atoms with Gasteiger partial charge in [0.2, 0.25) is 0 Å². The summed E-state index contributed by atoms with van der Waals surface area (Å²) in [6.45, 7) is 4.11. The lowest BCUT2D eigenvalue weighted by Gasteiger charge is -2.21. The van der Waals surface area contributed by atoms with Crippen molar-refractivity contribution in [1.29, 1.82) is 0 Å². The lowest BCUT2D eigenvalue weighted by atomic mass is 9.83. The number of hydrogen-bond acceptors (Lipinski definition) is 2. The van der Waals surface area contributed by atoms with Crippen molar-refractivity contribution in [2.45, 2.75) is 33.1 Å². The van der Waals surface area contributed by atoms with Crippen molar-refractivity contribution >= 4 is 5.97 Å². The number of carbonyl (C=O) groups is 1. The standard InChI is InChI=1S/C15H22O3/c1-4-12(5-2)14(15(16)17)10-11-6-8-13(18-3)9-7-11/h6-9,12,14H,4-5,10H2,1-3H3,(H,16,17). The van der Waals surface area contributed by atoms with Crippen LogP contribution >= 0.6 is 0 Å². The van der Waals surface area contributed by atoms with Crippen LogP contribution in [0.4, 0.5) is 0 Å². The molecule has 3 nitrogen and oxygen atoms in total. The summed E-state index contributed by atoms with van der Waals surface area (Å²) in [6, 6.07) is 7.64. The van der Waals surface area contributed by atoms with E-state index >= 15 is 0 Å². The average Bonchev–Trinajstić information content (AvgIpc) is 2.39. The van der Waals surface area contributed by atoms with E-state index in [0.717, 1.165) is 24.2 Å². The van der Waals surface area contributed by atoms with Crippen LogP contribution in [0.3, 0.4) is 0 Å². The van der Waals surface area contributed by atoms with E-state index in [9.17, 15) is 9.90 Å². The number of rotatable bonds is 7. The Bertz CT molecular complexity index is 366. The molecule has 0 aliphatic carbocycles. The van der Waals surface area contributed by atoms with Crippen LogP contribution in [-0.2, 0) is 11.2 Å². The largest absolute Gasteiger partial charge is 0.497 e. The van der Waals surface area contributed by atoms with E-state index in [2.05, 4.69) is 13.8 Å². The van der Waals surface area contributed by atoms with Gasteiger partial charge < -0.3 is 9.84 Å². The minimum Gasteiger partial charge on any atom is -0.497 e. The second kappa shape index (κ2) is 7.04. The van der Waals surface area contributed by atoms with E-state index in [-0.39, 0.29) is 11.8 Å². The normalized spacial score (nSPS) is 12.4. The maximum atomic E-state index is 11.4. The number of carboxylic acids is 1. The quantitative estimate of drug-likeness (QED) is 0.807. The fourth-order valence-corrected chi connectivity index (χ4v) is 2.33. The van der Waals surface area contributed by atoms with Crippen molar-refractivity contribution in [3.8, 4) is 5.75 Å². The van der Waals surface area contributed by atoms with Crippen LogP contribution in [0, 0.1) is 11.8 Å². The first-order valence-electron chi connectivity index (χ1n) is 6.48. The third-order valence-electron chi connectivity index (χ3n) is 3.55. The van der Waals surface area contributed by atoms with Gasteiger partial charge in [-0.1, -0.05) is 38.8 Å². The van der Waals surface area contributed by atoms with Gasteiger partial charge in [0.25, 0.3) is 0 Å². The minimum absolute atomic E-state index is 0.240. The molecule has 0 radical (unpaired) electrons. The van der Waals surface area contributed by atoms with Gasteiger partial charge in [-0.05, 0) is 30.0 Å². The molecule has 3 heteroatoms. The molecule has 0 saturated heterocycles. The van der Waals surface area contributed by atoms with E-state index in [1.54, 1.807) is 7.11 Å². The molecule has 0 fully saturated rings. The first-order valence-corrected chi connectivity index (χ1v) is 6.48. The first-order chi connectivity index (χ1) is 8.62. The summed E-state index contributed by atoms with van der Waals surface area (Å²) in [5.41, 5.74) is 1.05. The van der Waals surface area contributed by atoms with Gasteiger partial charge in [0, 0.05) is 0 Å². The second-order valence-electron chi connectivity index (χ2n) is 4.57. The molecule has 18 heavy (non-hydrogen) atoms. The van der Waals surface area contributed by atoms with Gasteiger partial charge in [-0.15, -0.1) is 0 Å². The van der Waals surface area contributed by atoms with Crippen LogP contribution in [0.1, 0.15) is 32.3 Å². The molecule has 0 heterocycles. The zero-order valence-corrected chi connectivity index (χ0v) is 11.3. The van der Waals surface area contributed by atoms with Crippen molar-refractivity contribution in [3.63, 3.8) is 0 Å². The Labute approximate surface area is 109 Å². The van der Waals surface area contributed by atoms with Crippen molar-refractivity contribution in [2.24, 2.45) is 11.8 Å². The third kappa shape index (κ3) is 3.76. The highest BCUT2D eigenvalue weighted by Crippen LogP contribution is 2.24. The number of carboxylic acid groups (broad SMARTS) is 1. The van der Waals surface area contributed by atoms with Gasteiger partial charge in [-0.2, -0.15) is 0 Å². The Morgan fingerprint density at radius 2 is 1.78 bits per heavy atom. The maximum Gasteiger partial charge on any atom is 0.307 e. The van der Waals surface area contributed by atoms with Crippen molar-refractivity contribution < 1.29 is 14.6 Å². The van der Waals surface area contributed by atoms with Gasteiger partial charge in [0.1, 0.15) is 5.75 Å². The molecule has 0 amide bonds. The Balaban J connectivity index is 2.79. The lowest BCUT2D eigenvalue weighted by Crippen LogP contribution is -2.25. The van der Waals surface area contributed by atoms with Gasteiger partial charge >= 0.3 is 5.97 Å². The predicted octanol–water partition coefficient (Wildman–Crippen LogP) is 3.37. The number of aliphatic carboxylic acids is 1. The van der Waals surface area contributed by atoms with Crippen molar-refractivity contribution in [1.82, 2.24) is 0 Å². The minimum atomic E-state index is -0.695. The molecular weight excluding hydrogens is 228 g/mol. The predicted molar refractivity (Wildman–Crippen MR) is 71.9 cm³/mol. The highest BCUT2D eigenvalue weighted by Gasteiger charge is 2.25. The molecular formula is C15H22O3. The smallest absolute Gasteiger partial charge is 0.307 e. The van der Waals surface area contributed by atoms with Crippen LogP contribution in [0.15, 0.2) is 24.3 Å². The second-order valence-corrected chi connectivity index (χ2v) is 4.57. The summed E-state index contributed by atoms with van der Waals surface area (Å²) in [5.74, 6) is 0.0469. The van der Waals surface area contributed by atoms with Crippen molar-refractivity contribution in [3.05, 3.63) is 29.8 Å². The van der Waals surface area contributed by atoms with Gasteiger partial charge in [0.15, 0.2) is 0 Å². The molecule has 0 bridgehead atoms. The van der Waals surface area contributed by atoms with Crippen LogP contribution in [-0.4, -0.2) is 18.2 Å². The SMILES string of the molecule is CCC(CC)C(Cc1ccc(OC)cc1)C(=O)O. The molecule has 1 aromatic rings. The zero-order valence-electron chi connectivity index (χ0n) is 11.3. The summed E-state index contributed by atoms with van der Waals surface area (Å²) in [4.78, 5) is 11.4. The van der Waals surface area contributed by atoms with Gasteiger partial charge in [-0.3, -0.25) is 4.79 Å². The molecule has 1 unspecified atom stereocenters. The summed E-state index contributed by atoms with van der Waals surface area (Å²) in [6.07, 6.45) is 2.40. The number of ether oxygens (including phenoxy) is 1. The fourth-order valence-electron chi connectivity index (χ4n) is 2.33. The molecule has 1 rings (SSSR count). The van der Waals surface area contributed by atoms with Crippen LogP contribution in [0.2, 0.25) is 0 Å². The monoisotopic (exact) mass is 250 g/mol. The lowest BCUT2D eigenvalue weighted by molar-refractivity contribution is -0.143. The molecule has 0 aromatic heterocycles. The molecule has 100 valence electrons. The Hall–Kier alpha value is -1.51. The molecule has 1 N–H and O–H groups in total. The molecule has 1 atom stereocenters. The molecule has 1 aromatic carbocycles. The molecule has 0 aliphatic heterocycles. The van der Waals surface area contributed by atoms with Gasteiger partial charge in [-0.25, -0.2) is 0 Å². The van der Waals surface area contributed by atoms with E-state index in [1.165, 1.54) is 0 Å². The van der Waals surface area contributed by atoms with E-state index < -0.39 is 5.97 Å². The third-order valence-corrected chi connectivity index (χ3v) is 3.55. The highest BCUT2D eigenvalue weighted by molar-refractivity contribution is 5.70. The first kappa shape index (κ1) is 14.6.